The van der Waals surface area contributed by atoms with Crippen molar-refractivity contribution in [3.8, 4) is 0 Å². The minimum absolute atomic E-state index is 0.293. The Balaban J connectivity index is 2.21. The molecule has 0 saturated carbocycles. The van der Waals surface area contributed by atoms with E-state index in [2.05, 4.69) is 52.9 Å². The molecule has 4 heteroatoms. The van der Waals surface area contributed by atoms with E-state index >= 15 is 0 Å². The van der Waals surface area contributed by atoms with Crippen LogP contribution in [0, 0.1) is 6.92 Å². The van der Waals surface area contributed by atoms with Crippen molar-refractivity contribution in [2.75, 3.05) is 6.54 Å². The predicted molar refractivity (Wildman–Crippen MR) is 81.6 cm³/mol. The number of nitrogens with zero attached hydrogens (tertiary/aromatic N) is 3. The Bertz CT molecular complexity index is 533. The van der Waals surface area contributed by atoms with Gasteiger partial charge in [0, 0.05) is 43.8 Å². The fourth-order valence-corrected chi connectivity index (χ4v) is 2.57. The van der Waals surface area contributed by atoms with Gasteiger partial charge < -0.3 is 9.88 Å². The molecule has 0 bridgehead atoms. The summed E-state index contributed by atoms with van der Waals surface area (Å²) in [6.07, 6.45) is 9.80. The highest BCUT2D eigenvalue weighted by Crippen LogP contribution is 2.20. The lowest BCUT2D eigenvalue weighted by atomic mass is 10.0. The minimum atomic E-state index is 0.293. The van der Waals surface area contributed by atoms with E-state index in [1.165, 1.54) is 11.1 Å². The Morgan fingerprint density at radius 3 is 2.85 bits per heavy atom. The fourth-order valence-electron chi connectivity index (χ4n) is 2.57. The van der Waals surface area contributed by atoms with Crippen LogP contribution in [-0.4, -0.2) is 21.1 Å². The summed E-state index contributed by atoms with van der Waals surface area (Å²) in [6, 6.07) is 2.40. The molecule has 1 unspecified atom stereocenters. The first kappa shape index (κ1) is 14.7. The minimum Gasteiger partial charge on any atom is -0.335 e. The second kappa shape index (κ2) is 7.20. The molecular weight excluding hydrogens is 248 g/mol. The molecule has 2 heterocycles. The second-order valence-electron chi connectivity index (χ2n) is 5.08. The van der Waals surface area contributed by atoms with Crippen LogP contribution in [0.2, 0.25) is 0 Å². The predicted octanol–water partition coefficient (Wildman–Crippen LogP) is 2.89. The molecule has 0 aromatic carbocycles. The Labute approximate surface area is 121 Å². The van der Waals surface area contributed by atoms with Crippen molar-refractivity contribution in [2.24, 2.45) is 0 Å². The Morgan fingerprint density at radius 2 is 2.15 bits per heavy atom. The van der Waals surface area contributed by atoms with Gasteiger partial charge in [0.05, 0.1) is 0 Å². The highest BCUT2D eigenvalue weighted by molar-refractivity contribution is 5.26. The van der Waals surface area contributed by atoms with Crippen LogP contribution in [-0.2, 0) is 13.0 Å². The molecule has 20 heavy (non-hydrogen) atoms. The average molecular weight is 272 g/mol. The van der Waals surface area contributed by atoms with E-state index < -0.39 is 0 Å². The van der Waals surface area contributed by atoms with Crippen LogP contribution >= 0.6 is 0 Å². The Morgan fingerprint density at radius 1 is 1.30 bits per heavy atom. The molecule has 0 aliphatic rings. The summed E-state index contributed by atoms with van der Waals surface area (Å²) in [5, 5.41) is 3.57. The zero-order valence-electron chi connectivity index (χ0n) is 12.6. The quantitative estimate of drug-likeness (QED) is 0.842. The number of hydrogen-bond acceptors (Lipinski definition) is 3. The second-order valence-corrected chi connectivity index (χ2v) is 5.08. The van der Waals surface area contributed by atoms with Crippen molar-refractivity contribution >= 4 is 0 Å². The summed E-state index contributed by atoms with van der Waals surface area (Å²) < 4.78 is 2.25. The summed E-state index contributed by atoms with van der Waals surface area (Å²) in [4.78, 5) is 8.70. The van der Waals surface area contributed by atoms with Gasteiger partial charge in [-0.15, -0.1) is 0 Å². The number of pyridine rings is 1. The molecule has 0 saturated heterocycles. The van der Waals surface area contributed by atoms with Crippen LogP contribution in [0.15, 0.2) is 30.9 Å². The van der Waals surface area contributed by atoms with Crippen LogP contribution in [0.1, 0.15) is 43.3 Å². The third-order valence-electron chi connectivity index (χ3n) is 3.54. The van der Waals surface area contributed by atoms with Crippen LogP contribution in [0.3, 0.4) is 0 Å². The lowest BCUT2D eigenvalue weighted by Crippen LogP contribution is -2.25. The summed E-state index contributed by atoms with van der Waals surface area (Å²) >= 11 is 0. The smallest absolute Gasteiger partial charge is 0.110 e. The van der Waals surface area contributed by atoms with Gasteiger partial charge in [-0.05, 0) is 37.1 Å². The first-order valence-corrected chi connectivity index (χ1v) is 7.40. The number of likely N-dealkylation sites (N-methyl/N-ethyl adjacent to an activating group) is 1. The van der Waals surface area contributed by atoms with E-state index in [-0.39, 0.29) is 0 Å². The number of aryl methyl sites for hydroxylation is 2. The summed E-state index contributed by atoms with van der Waals surface area (Å²) in [5.41, 5.74) is 2.54. The highest BCUT2D eigenvalue weighted by atomic mass is 15.1. The van der Waals surface area contributed by atoms with Gasteiger partial charge in [0.1, 0.15) is 5.82 Å². The molecule has 2 aromatic rings. The van der Waals surface area contributed by atoms with E-state index in [1.54, 1.807) is 0 Å². The molecule has 1 atom stereocenters. The van der Waals surface area contributed by atoms with Gasteiger partial charge in [0.2, 0.25) is 0 Å². The molecule has 0 radical (unpaired) electrons. The van der Waals surface area contributed by atoms with Gasteiger partial charge in [0.25, 0.3) is 0 Å². The maximum Gasteiger partial charge on any atom is 0.110 e. The third kappa shape index (κ3) is 3.45. The van der Waals surface area contributed by atoms with Crippen molar-refractivity contribution in [3.05, 3.63) is 47.8 Å². The first-order valence-electron chi connectivity index (χ1n) is 7.40. The molecular formula is C16H24N4. The zero-order chi connectivity index (χ0) is 14.4. The molecule has 0 aliphatic carbocycles. The van der Waals surface area contributed by atoms with E-state index in [4.69, 9.17) is 0 Å². The maximum absolute atomic E-state index is 4.52. The van der Waals surface area contributed by atoms with Crippen LogP contribution in [0.4, 0.5) is 0 Å². The highest BCUT2D eigenvalue weighted by Gasteiger charge is 2.16. The molecule has 0 amide bonds. The van der Waals surface area contributed by atoms with E-state index in [0.717, 1.165) is 31.8 Å². The third-order valence-corrected chi connectivity index (χ3v) is 3.54. The van der Waals surface area contributed by atoms with Crippen LogP contribution < -0.4 is 5.32 Å². The van der Waals surface area contributed by atoms with Crippen molar-refractivity contribution in [1.29, 1.82) is 0 Å². The average Bonchev–Trinajstić information content (AvgIpc) is 2.87. The van der Waals surface area contributed by atoms with Gasteiger partial charge in [-0.1, -0.05) is 13.8 Å². The number of hydrogen-bond donors (Lipinski definition) is 1. The van der Waals surface area contributed by atoms with Crippen molar-refractivity contribution in [1.82, 2.24) is 19.9 Å². The largest absolute Gasteiger partial charge is 0.335 e. The molecule has 0 spiro atoms. The van der Waals surface area contributed by atoms with Crippen molar-refractivity contribution in [2.45, 2.75) is 46.2 Å². The van der Waals surface area contributed by atoms with Crippen LogP contribution in [0.25, 0.3) is 0 Å². The SMILES string of the molecule is CCCn1ccnc1CC(NCC)c1ccncc1C. The number of nitrogens with one attached hydrogen (secondary N) is 1. The van der Waals surface area contributed by atoms with E-state index in [9.17, 15) is 0 Å². The number of aromatic nitrogens is 3. The Kier molecular flexibility index (Phi) is 5.30. The topological polar surface area (TPSA) is 42.7 Å². The standard InChI is InChI=1S/C16H24N4/c1-4-9-20-10-8-19-16(20)11-15(18-5-2)14-6-7-17-12-13(14)3/h6-8,10,12,15,18H,4-5,9,11H2,1-3H3. The molecule has 4 nitrogen and oxygen atoms in total. The molecule has 0 fully saturated rings. The molecule has 1 N–H and O–H groups in total. The van der Waals surface area contributed by atoms with E-state index in [1.807, 2.05) is 18.6 Å². The summed E-state index contributed by atoms with van der Waals surface area (Å²) in [7, 11) is 0. The first-order chi connectivity index (χ1) is 9.76. The van der Waals surface area contributed by atoms with Crippen molar-refractivity contribution < 1.29 is 0 Å². The summed E-state index contributed by atoms with van der Waals surface area (Å²) in [5.74, 6) is 1.15. The molecule has 108 valence electrons. The van der Waals surface area contributed by atoms with Gasteiger partial charge >= 0.3 is 0 Å². The lowest BCUT2D eigenvalue weighted by molar-refractivity contribution is 0.514. The van der Waals surface area contributed by atoms with Crippen LogP contribution in [0.5, 0.6) is 0 Å². The Hall–Kier alpha value is -1.68. The van der Waals surface area contributed by atoms with Gasteiger partial charge in [0.15, 0.2) is 0 Å². The summed E-state index contributed by atoms with van der Waals surface area (Å²) in [6.45, 7) is 8.43. The van der Waals surface area contributed by atoms with Crippen molar-refractivity contribution in [3.63, 3.8) is 0 Å². The molecule has 2 aromatic heterocycles. The number of imidazole rings is 1. The fraction of sp³-hybridized carbons (Fsp3) is 0.500. The zero-order valence-corrected chi connectivity index (χ0v) is 12.6. The maximum atomic E-state index is 4.52. The monoisotopic (exact) mass is 272 g/mol. The molecule has 2 rings (SSSR count). The van der Waals surface area contributed by atoms with E-state index in [0.29, 0.717) is 6.04 Å². The van der Waals surface area contributed by atoms with Gasteiger partial charge in [-0.25, -0.2) is 4.98 Å². The van der Waals surface area contributed by atoms with Gasteiger partial charge in [-0.3, -0.25) is 4.98 Å². The van der Waals surface area contributed by atoms with Gasteiger partial charge in [-0.2, -0.15) is 0 Å². The lowest BCUT2D eigenvalue weighted by Gasteiger charge is -2.20. The molecule has 0 aliphatic heterocycles. The normalized spacial score (nSPS) is 12.6. The number of rotatable bonds is 7.